The average Bonchev–Trinajstić information content (AvgIpc) is 2.48. The van der Waals surface area contributed by atoms with E-state index in [1.165, 1.54) is 13.0 Å². The molecule has 0 spiro atoms. The Morgan fingerprint density at radius 3 is 2.45 bits per heavy atom. The molecule has 0 aliphatic heterocycles. The third kappa shape index (κ3) is 2.58. The second-order valence-corrected chi connectivity index (χ2v) is 5.04. The average molecular weight is 300 g/mol. The van der Waals surface area contributed by atoms with Crippen LogP contribution in [0, 0.1) is 0 Å². The van der Waals surface area contributed by atoms with Gasteiger partial charge in [0.15, 0.2) is 5.78 Å². The Kier molecular flexibility index (Phi) is 4.28. The Labute approximate surface area is 127 Å². The number of aliphatic hydroxyl groups excluding tert-OH is 1. The monoisotopic (exact) mass is 300 g/mol. The maximum Gasteiger partial charge on any atom is 0.339 e. The SMILES string of the molecule is C=CC(=O)C(c1c(O)c(C(=O)O)cc2ccccc12)C(C)O. The van der Waals surface area contributed by atoms with Crippen LogP contribution in [-0.4, -0.2) is 33.2 Å². The van der Waals surface area contributed by atoms with Gasteiger partial charge in [0.1, 0.15) is 11.3 Å². The number of ketones is 1. The van der Waals surface area contributed by atoms with Crippen molar-refractivity contribution in [3.63, 3.8) is 0 Å². The molecule has 22 heavy (non-hydrogen) atoms. The highest BCUT2D eigenvalue weighted by atomic mass is 16.4. The summed E-state index contributed by atoms with van der Waals surface area (Å²) >= 11 is 0. The van der Waals surface area contributed by atoms with Crippen molar-refractivity contribution in [3.8, 4) is 5.75 Å². The zero-order valence-corrected chi connectivity index (χ0v) is 12.0. The van der Waals surface area contributed by atoms with Crippen molar-refractivity contribution >= 4 is 22.5 Å². The van der Waals surface area contributed by atoms with Gasteiger partial charge in [-0.05, 0) is 29.8 Å². The van der Waals surface area contributed by atoms with Gasteiger partial charge in [0.25, 0.3) is 0 Å². The van der Waals surface area contributed by atoms with Gasteiger partial charge >= 0.3 is 5.97 Å². The van der Waals surface area contributed by atoms with Crippen LogP contribution in [0.15, 0.2) is 43.0 Å². The first kappa shape index (κ1) is 15.7. The van der Waals surface area contributed by atoms with E-state index in [9.17, 15) is 24.9 Å². The second-order valence-electron chi connectivity index (χ2n) is 5.04. The number of hydrogen-bond acceptors (Lipinski definition) is 4. The van der Waals surface area contributed by atoms with Gasteiger partial charge in [-0.3, -0.25) is 4.79 Å². The van der Waals surface area contributed by atoms with E-state index in [2.05, 4.69) is 6.58 Å². The van der Waals surface area contributed by atoms with E-state index in [0.29, 0.717) is 10.8 Å². The van der Waals surface area contributed by atoms with Crippen molar-refractivity contribution in [2.45, 2.75) is 18.9 Å². The van der Waals surface area contributed by atoms with Crippen molar-refractivity contribution in [3.05, 3.63) is 54.1 Å². The fourth-order valence-corrected chi connectivity index (χ4v) is 2.59. The molecular weight excluding hydrogens is 284 g/mol. The summed E-state index contributed by atoms with van der Waals surface area (Å²) in [5, 5.41) is 30.6. The van der Waals surface area contributed by atoms with Crippen LogP contribution in [0.4, 0.5) is 0 Å². The Morgan fingerprint density at radius 2 is 1.91 bits per heavy atom. The van der Waals surface area contributed by atoms with E-state index < -0.39 is 29.5 Å². The number of carbonyl (C=O) groups excluding carboxylic acids is 1. The molecule has 114 valence electrons. The number of carbonyl (C=O) groups is 2. The van der Waals surface area contributed by atoms with Crippen molar-refractivity contribution < 1.29 is 24.9 Å². The number of carboxylic acids is 1. The van der Waals surface area contributed by atoms with Crippen molar-refractivity contribution in [1.29, 1.82) is 0 Å². The molecule has 0 radical (unpaired) electrons. The molecule has 2 atom stereocenters. The number of allylic oxidation sites excluding steroid dienone is 1. The molecule has 2 rings (SSSR count). The Hall–Kier alpha value is -2.66. The third-order valence-corrected chi connectivity index (χ3v) is 3.59. The molecule has 5 heteroatoms. The molecule has 0 heterocycles. The Balaban J connectivity index is 2.90. The van der Waals surface area contributed by atoms with Gasteiger partial charge in [-0.2, -0.15) is 0 Å². The molecule has 0 aliphatic rings. The molecule has 0 saturated carbocycles. The van der Waals surface area contributed by atoms with Crippen LogP contribution in [0.25, 0.3) is 10.8 Å². The lowest BCUT2D eigenvalue weighted by molar-refractivity contribution is -0.118. The minimum Gasteiger partial charge on any atom is -0.507 e. The van der Waals surface area contributed by atoms with E-state index in [-0.39, 0.29) is 11.1 Å². The number of aromatic carboxylic acids is 1. The van der Waals surface area contributed by atoms with Crippen LogP contribution >= 0.6 is 0 Å². The summed E-state index contributed by atoms with van der Waals surface area (Å²) in [5.41, 5.74) is -0.202. The maximum atomic E-state index is 12.1. The smallest absolute Gasteiger partial charge is 0.339 e. The lowest BCUT2D eigenvalue weighted by Crippen LogP contribution is -2.23. The van der Waals surface area contributed by atoms with Crippen molar-refractivity contribution in [2.75, 3.05) is 0 Å². The molecule has 0 saturated heterocycles. The number of phenols is 1. The highest BCUT2D eigenvalue weighted by Crippen LogP contribution is 2.38. The van der Waals surface area contributed by atoms with Crippen molar-refractivity contribution in [1.82, 2.24) is 0 Å². The molecule has 0 aromatic heterocycles. The number of fused-ring (bicyclic) bond motifs is 1. The van der Waals surface area contributed by atoms with E-state index >= 15 is 0 Å². The predicted molar refractivity (Wildman–Crippen MR) is 82.2 cm³/mol. The zero-order chi connectivity index (χ0) is 16.4. The molecular formula is C17H16O5. The molecule has 0 bridgehead atoms. The minimum atomic E-state index is -1.31. The number of carboxylic acid groups (broad SMARTS) is 1. The Bertz CT molecular complexity index is 761. The van der Waals surface area contributed by atoms with Gasteiger partial charge < -0.3 is 15.3 Å². The van der Waals surface area contributed by atoms with Gasteiger partial charge in [-0.15, -0.1) is 0 Å². The van der Waals surface area contributed by atoms with Gasteiger partial charge in [0.2, 0.25) is 0 Å². The van der Waals surface area contributed by atoms with Crippen LogP contribution in [0.3, 0.4) is 0 Å². The van der Waals surface area contributed by atoms with Gasteiger partial charge in [0, 0.05) is 5.56 Å². The quantitative estimate of drug-likeness (QED) is 0.737. The summed E-state index contributed by atoms with van der Waals surface area (Å²) in [5.74, 6) is -3.38. The summed E-state index contributed by atoms with van der Waals surface area (Å²) in [6.07, 6.45) is -0.0529. The van der Waals surface area contributed by atoms with Crippen LogP contribution in [-0.2, 0) is 4.79 Å². The molecule has 0 fully saturated rings. The summed E-state index contributed by atoms with van der Waals surface area (Å²) in [6.45, 7) is 4.81. The summed E-state index contributed by atoms with van der Waals surface area (Å²) in [4.78, 5) is 23.4. The number of hydrogen-bond donors (Lipinski definition) is 3. The zero-order valence-electron chi connectivity index (χ0n) is 12.0. The number of aliphatic hydroxyl groups is 1. The summed E-state index contributed by atoms with van der Waals surface area (Å²) < 4.78 is 0. The molecule has 3 N–H and O–H groups in total. The van der Waals surface area contributed by atoms with Crippen LogP contribution in [0.1, 0.15) is 28.8 Å². The molecule has 5 nitrogen and oxygen atoms in total. The lowest BCUT2D eigenvalue weighted by Gasteiger charge is -2.21. The second kappa shape index (κ2) is 5.99. The molecule has 0 aliphatic carbocycles. The van der Waals surface area contributed by atoms with E-state index in [0.717, 1.165) is 6.08 Å². The van der Waals surface area contributed by atoms with E-state index in [1.807, 2.05) is 0 Å². The molecule has 2 unspecified atom stereocenters. The van der Waals surface area contributed by atoms with Gasteiger partial charge in [-0.25, -0.2) is 4.79 Å². The third-order valence-electron chi connectivity index (χ3n) is 3.59. The summed E-state index contributed by atoms with van der Waals surface area (Å²) in [7, 11) is 0. The van der Waals surface area contributed by atoms with Crippen LogP contribution in [0.5, 0.6) is 5.75 Å². The molecule has 0 amide bonds. The first-order chi connectivity index (χ1) is 10.4. The molecule has 2 aromatic carbocycles. The van der Waals surface area contributed by atoms with Gasteiger partial charge in [-0.1, -0.05) is 30.8 Å². The maximum absolute atomic E-state index is 12.1. The summed E-state index contributed by atoms with van der Waals surface area (Å²) in [6, 6.07) is 8.13. The number of rotatable bonds is 5. The molecule has 2 aromatic rings. The fourth-order valence-electron chi connectivity index (χ4n) is 2.59. The standard InChI is InChI=1S/C17H16O5/c1-3-13(19)14(9(2)18)15-11-7-5-4-6-10(11)8-12(16(15)20)17(21)22/h3-9,14,18,20H,1H2,2H3,(H,21,22). The number of aromatic hydroxyl groups is 1. The van der Waals surface area contributed by atoms with Crippen LogP contribution in [0.2, 0.25) is 0 Å². The first-order valence-corrected chi connectivity index (χ1v) is 6.70. The van der Waals surface area contributed by atoms with Crippen LogP contribution < -0.4 is 0 Å². The lowest BCUT2D eigenvalue weighted by atomic mass is 9.84. The topological polar surface area (TPSA) is 94.8 Å². The van der Waals surface area contributed by atoms with E-state index in [1.54, 1.807) is 24.3 Å². The van der Waals surface area contributed by atoms with E-state index in [4.69, 9.17) is 0 Å². The largest absolute Gasteiger partial charge is 0.507 e. The predicted octanol–water partition coefficient (Wildman–Crippen LogP) is 2.46. The number of benzene rings is 2. The highest BCUT2D eigenvalue weighted by molar-refractivity contribution is 6.04. The minimum absolute atomic E-state index is 0.107. The normalized spacial score (nSPS) is 13.5. The highest BCUT2D eigenvalue weighted by Gasteiger charge is 2.30. The van der Waals surface area contributed by atoms with Gasteiger partial charge in [0.05, 0.1) is 12.0 Å². The van der Waals surface area contributed by atoms with Crippen molar-refractivity contribution in [2.24, 2.45) is 0 Å². The Morgan fingerprint density at radius 1 is 1.27 bits per heavy atom. The first-order valence-electron chi connectivity index (χ1n) is 6.70. The fraction of sp³-hybridized carbons (Fsp3) is 0.176.